The van der Waals surface area contributed by atoms with Crippen LogP contribution in [0.2, 0.25) is 0 Å². The molecule has 0 spiro atoms. The van der Waals surface area contributed by atoms with E-state index < -0.39 is 17.6 Å². The van der Waals surface area contributed by atoms with Gasteiger partial charge in [-0.1, -0.05) is 0 Å². The highest BCUT2D eigenvalue weighted by atomic mass is 79.9. The number of aromatic nitrogens is 1. The Morgan fingerprint density at radius 2 is 1.93 bits per heavy atom. The largest absolute Gasteiger partial charge is 0.618 e. The van der Waals surface area contributed by atoms with Gasteiger partial charge in [-0.05, 0) is 22.0 Å². The molecule has 6 nitrogen and oxygen atoms in total. The van der Waals surface area contributed by atoms with Crippen LogP contribution >= 0.6 is 15.9 Å². The number of carbonyl (C=O) groups is 2. The summed E-state index contributed by atoms with van der Waals surface area (Å²) in [5.74, 6) is -2.73. The lowest BCUT2D eigenvalue weighted by atomic mass is 10.2. The molecule has 0 aliphatic heterocycles. The predicted octanol–water partition coefficient (Wildman–Crippen LogP) is 0.479. The number of hydrogen-bond donors (Lipinski definition) is 2. The van der Waals surface area contributed by atoms with Crippen molar-refractivity contribution < 1.29 is 24.5 Å². The summed E-state index contributed by atoms with van der Waals surface area (Å²) in [4.78, 5) is 21.0. The fourth-order valence-electron chi connectivity index (χ4n) is 0.852. The van der Waals surface area contributed by atoms with E-state index in [9.17, 15) is 14.8 Å². The highest BCUT2D eigenvalue weighted by molar-refractivity contribution is 9.10. The number of aromatic carboxylic acids is 2. The van der Waals surface area contributed by atoms with Crippen LogP contribution in [-0.4, -0.2) is 22.2 Å². The van der Waals surface area contributed by atoms with Crippen molar-refractivity contribution in [3.63, 3.8) is 0 Å². The van der Waals surface area contributed by atoms with E-state index in [1.165, 1.54) is 0 Å². The van der Waals surface area contributed by atoms with Gasteiger partial charge in [-0.2, -0.15) is 4.73 Å². The van der Waals surface area contributed by atoms with Crippen LogP contribution in [0, 0.1) is 5.21 Å². The van der Waals surface area contributed by atoms with Crippen molar-refractivity contribution >= 4 is 27.9 Å². The number of nitrogens with zero attached hydrogens (tertiary/aromatic N) is 1. The van der Waals surface area contributed by atoms with Crippen molar-refractivity contribution in [3.05, 3.63) is 33.2 Å². The second-order valence-electron chi connectivity index (χ2n) is 2.36. The third kappa shape index (κ3) is 1.82. The molecule has 0 saturated carbocycles. The number of pyridine rings is 1. The predicted molar refractivity (Wildman–Crippen MR) is 47.0 cm³/mol. The molecular weight excluding hydrogens is 258 g/mol. The van der Waals surface area contributed by atoms with Crippen LogP contribution in [0.25, 0.3) is 0 Å². The first-order valence-corrected chi connectivity index (χ1v) is 4.12. The van der Waals surface area contributed by atoms with Gasteiger partial charge in [0.1, 0.15) is 5.56 Å². The fraction of sp³-hybridized carbons (Fsp3) is 0. The first-order valence-electron chi connectivity index (χ1n) is 3.32. The number of halogens is 1. The summed E-state index contributed by atoms with van der Waals surface area (Å²) in [6.45, 7) is 0. The molecule has 0 bridgehead atoms. The van der Waals surface area contributed by atoms with Crippen LogP contribution in [0.5, 0.6) is 0 Å². The zero-order valence-electron chi connectivity index (χ0n) is 6.60. The number of carboxylic acid groups (broad SMARTS) is 2. The van der Waals surface area contributed by atoms with Crippen molar-refractivity contribution in [1.29, 1.82) is 0 Å². The summed E-state index contributed by atoms with van der Waals surface area (Å²) >= 11 is 2.80. The molecule has 1 aromatic rings. The molecule has 0 unspecified atom stereocenters. The summed E-state index contributed by atoms with van der Waals surface area (Å²) < 4.78 is -0.0736. The lowest BCUT2D eigenvalue weighted by Crippen LogP contribution is -2.36. The lowest BCUT2D eigenvalue weighted by Gasteiger charge is -2.03. The van der Waals surface area contributed by atoms with Crippen molar-refractivity contribution in [1.82, 2.24) is 0 Å². The molecule has 0 aromatic carbocycles. The Bertz CT molecular complexity index is 394. The van der Waals surface area contributed by atoms with Gasteiger partial charge in [0.15, 0.2) is 6.20 Å². The zero-order chi connectivity index (χ0) is 10.9. The summed E-state index contributed by atoms with van der Waals surface area (Å²) in [6.07, 6.45) is 0.691. The first-order chi connectivity index (χ1) is 6.43. The van der Waals surface area contributed by atoms with Crippen LogP contribution in [0.1, 0.15) is 20.8 Å². The molecule has 1 aromatic heterocycles. The molecule has 0 aliphatic carbocycles. The molecule has 2 N–H and O–H groups in total. The van der Waals surface area contributed by atoms with Gasteiger partial charge >= 0.3 is 17.6 Å². The quantitative estimate of drug-likeness (QED) is 0.596. The van der Waals surface area contributed by atoms with Crippen LogP contribution in [0.15, 0.2) is 16.7 Å². The summed E-state index contributed by atoms with van der Waals surface area (Å²) in [7, 11) is 0. The number of rotatable bonds is 2. The van der Waals surface area contributed by atoms with E-state index in [1.54, 1.807) is 0 Å². The van der Waals surface area contributed by atoms with Gasteiger partial charge in [-0.15, -0.1) is 0 Å². The SMILES string of the molecule is O=C(O)c1cc(Br)c(C(=O)O)[n+]([O-])c1. The molecule has 14 heavy (non-hydrogen) atoms. The van der Waals surface area contributed by atoms with Crippen molar-refractivity contribution in [2.45, 2.75) is 0 Å². The smallest absolute Gasteiger partial charge is 0.403 e. The molecule has 0 aliphatic rings. The van der Waals surface area contributed by atoms with E-state index in [0.717, 1.165) is 6.07 Å². The van der Waals surface area contributed by atoms with E-state index in [2.05, 4.69) is 15.9 Å². The number of hydrogen-bond acceptors (Lipinski definition) is 3. The normalized spacial score (nSPS) is 9.79. The van der Waals surface area contributed by atoms with E-state index in [0.29, 0.717) is 6.20 Å². The Hall–Kier alpha value is -1.63. The highest BCUT2D eigenvalue weighted by Gasteiger charge is 2.22. The summed E-state index contributed by atoms with van der Waals surface area (Å²) in [5, 5.41) is 28.2. The first kappa shape index (κ1) is 10.5. The minimum atomic E-state index is -1.43. The molecule has 0 fully saturated rings. The number of carboxylic acids is 2. The third-order valence-electron chi connectivity index (χ3n) is 1.43. The van der Waals surface area contributed by atoms with E-state index in [-0.39, 0.29) is 14.8 Å². The van der Waals surface area contributed by atoms with E-state index in [4.69, 9.17) is 10.2 Å². The van der Waals surface area contributed by atoms with E-state index in [1.807, 2.05) is 0 Å². The van der Waals surface area contributed by atoms with Gasteiger partial charge in [-0.25, -0.2) is 9.59 Å². The van der Waals surface area contributed by atoms with Gasteiger partial charge in [0.25, 0.3) is 0 Å². The molecule has 0 radical (unpaired) electrons. The Morgan fingerprint density at radius 3 is 2.29 bits per heavy atom. The second-order valence-corrected chi connectivity index (χ2v) is 3.22. The molecule has 1 rings (SSSR count). The Balaban J connectivity index is 3.39. The third-order valence-corrected chi connectivity index (χ3v) is 2.04. The van der Waals surface area contributed by atoms with E-state index >= 15 is 0 Å². The monoisotopic (exact) mass is 261 g/mol. The Morgan fingerprint density at radius 1 is 1.36 bits per heavy atom. The van der Waals surface area contributed by atoms with Crippen LogP contribution < -0.4 is 4.73 Å². The minimum absolute atomic E-state index is 0.00410. The van der Waals surface area contributed by atoms with Crippen molar-refractivity contribution in [2.75, 3.05) is 0 Å². The van der Waals surface area contributed by atoms with Crippen LogP contribution in [0.3, 0.4) is 0 Å². The minimum Gasteiger partial charge on any atom is -0.618 e. The molecule has 0 saturated heterocycles. The van der Waals surface area contributed by atoms with Crippen molar-refractivity contribution in [3.8, 4) is 0 Å². The maximum Gasteiger partial charge on any atom is 0.403 e. The van der Waals surface area contributed by atoms with Gasteiger partial charge in [0.05, 0.1) is 4.47 Å². The highest BCUT2D eigenvalue weighted by Crippen LogP contribution is 2.14. The lowest BCUT2D eigenvalue weighted by molar-refractivity contribution is -0.609. The standard InChI is InChI=1S/C7H4BrNO5/c8-4-1-3(6(10)11)2-9(14)5(4)7(12)13/h1-2H,(H,10,11)(H,12,13). The van der Waals surface area contributed by atoms with Crippen LogP contribution in [-0.2, 0) is 0 Å². The van der Waals surface area contributed by atoms with Gasteiger partial charge in [0.2, 0.25) is 0 Å². The Labute approximate surface area is 86.1 Å². The van der Waals surface area contributed by atoms with Gasteiger partial charge in [0, 0.05) is 0 Å². The maximum atomic E-state index is 11.0. The zero-order valence-corrected chi connectivity index (χ0v) is 8.19. The second kappa shape index (κ2) is 3.62. The summed E-state index contributed by atoms with van der Waals surface area (Å²) in [5.41, 5.74) is -0.827. The summed E-state index contributed by atoms with van der Waals surface area (Å²) in [6, 6.07) is 1.06. The van der Waals surface area contributed by atoms with Gasteiger partial charge < -0.3 is 15.4 Å². The average Bonchev–Trinajstić information content (AvgIpc) is 2.01. The van der Waals surface area contributed by atoms with Gasteiger partial charge in [-0.3, -0.25) is 0 Å². The molecule has 74 valence electrons. The molecule has 0 atom stereocenters. The molecule has 7 heteroatoms. The van der Waals surface area contributed by atoms with Crippen LogP contribution in [0.4, 0.5) is 0 Å². The fourth-order valence-corrected chi connectivity index (χ4v) is 1.44. The molecule has 0 amide bonds. The topological polar surface area (TPSA) is 102 Å². The van der Waals surface area contributed by atoms with Crippen molar-refractivity contribution in [2.24, 2.45) is 0 Å². The molecule has 1 heterocycles. The Kier molecular flexibility index (Phi) is 2.70. The maximum absolute atomic E-state index is 11.0. The average molecular weight is 262 g/mol. The molecular formula is C7H4BrNO5.